The molecule has 0 unspecified atom stereocenters. The number of nitrogens with zero attached hydrogens (tertiary/aromatic N) is 1. The van der Waals surface area contributed by atoms with Gasteiger partial charge in [0, 0.05) is 5.39 Å². The summed E-state index contributed by atoms with van der Waals surface area (Å²) >= 11 is 0. The Kier molecular flexibility index (Phi) is 2.74. The van der Waals surface area contributed by atoms with Crippen molar-refractivity contribution in [2.24, 2.45) is 0 Å². The minimum absolute atomic E-state index is 0.0733. The largest absolute Gasteiger partial charge is 0.462 e. The Morgan fingerprint density at radius 3 is 2.94 bits per heavy atom. The Morgan fingerprint density at radius 1 is 1.22 bits per heavy atom. The molecule has 0 bridgehead atoms. The van der Waals surface area contributed by atoms with Gasteiger partial charge in [-0.3, -0.25) is 5.10 Å². The molecule has 0 aliphatic carbocycles. The molecule has 1 aromatic carbocycles. The molecule has 5 nitrogen and oxygen atoms in total. The van der Waals surface area contributed by atoms with Crippen LogP contribution in [0, 0.1) is 0 Å². The van der Waals surface area contributed by atoms with Crippen molar-refractivity contribution in [2.75, 3.05) is 5.32 Å². The highest BCUT2D eigenvalue weighted by Gasteiger charge is 2.04. The van der Waals surface area contributed by atoms with Crippen molar-refractivity contribution >= 4 is 16.6 Å². The summed E-state index contributed by atoms with van der Waals surface area (Å²) in [5.41, 5.74) is 1.96. The summed E-state index contributed by atoms with van der Waals surface area (Å²) in [5, 5.41) is 20.2. The van der Waals surface area contributed by atoms with Gasteiger partial charge in [0.15, 0.2) is 0 Å². The third-order valence-corrected chi connectivity index (χ3v) is 2.80. The summed E-state index contributed by atoms with van der Waals surface area (Å²) in [4.78, 5) is 0. The number of aromatic nitrogens is 2. The van der Waals surface area contributed by atoms with E-state index in [2.05, 4.69) is 15.5 Å². The maximum Gasteiger partial charge on any atom is 0.129 e. The van der Waals surface area contributed by atoms with E-state index < -0.39 is 0 Å². The van der Waals surface area contributed by atoms with Gasteiger partial charge in [-0.2, -0.15) is 5.10 Å². The van der Waals surface area contributed by atoms with Crippen LogP contribution in [-0.2, 0) is 13.2 Å². The van der Waals surface area contributed by atoms with E-state index in [1.165, 1.54) is 0 Å². The van der Waals surface area contributed by atoms with E-state index in [0.29, 0.717) is 12.3 Å². The zero-order chi connectivity index (χ0) is 12.4. The SMILES string of the molecule is OCc1ccc(CNc2cccc3cn[nH]c23)o1. The number of hydrogen-bond donors (Lipinski definition) is 3. The van der Waals surface area contributed by atoms with Crippen molar-refractivity contribution in [1.29, 1.82) is 0 Å². The Morgan fingerprint density at radius 2 is 2.11 bits per heavy atom. The second-order valence-electron chi connectivity index (χ2n) is 4.02. The molecule has 0 fully saturated rings. The fourth-order valence-electron chi connectivity index (χ4n) is 1.90. The highest BCUT2D eigenvalue weighted by molar-refractivity contribution is 5.89. The number of para-hydroxylation sites is 1. The van der Waals surface area contributed by atoms with Crippen molar-refractivity contribution in [3.05, 3.63) is 48.0 Å². The Labute approximate surface area is 103 Å². The van der Waals surface area contributed by atoms with Gasteiger partial charge >= 0.3 is 0 Å². The molecule has 0 aliphatic rings. The number of H-pyrrole nitrogens is 1. The average molecular weight is 243 g/mol. The van der Waals surface area contributed by atoms with Crippen LogP contribution in [0.1, 0.15) is 11.5 Å². The van der Waals surface area contributed by atoms with Crippen LogP contribution in [0.25, 0.3) is 10.9 Å². The van der Waals surface area contributed by atoms with Crippen LogP contribution in [0.15, 0.2) is 40.9 Å². The third kappa shape index (κ3) is 1.96. The number of rotatable bonds is 4. The summed E-state index contributed by atoms with van der Waals surface area (Å²) in [6, 6.07) is 9.58. The van der Waals surface area contributed by atoms with Crippen molar-refractivity contribution in [1.82, 2.24) is 10.2 Å². The summed E-state index contributed by atoms with van der Waals surface area (Å²) < 4.78 is 5.41. The number of furan rings is 1. The molecule has 3 rings (SSSR count). The number of aromatic amines is 1. The average Bonchev–Trinajstić information content (AvgIpc) is 3.05. The summed E-state index contributed by atoms with van der Waals surface area (Å²) in [6.07, 6.45) is 1.79. The van der Waals surface area contributed by atoms with Gasteiger partial charge in [0.2, 0.25) is 0 Å². The van der Waals surface area contributed by atoms with E-state index in [9.17, 15) is 0 Å². The first-order valence-corrected chi connectivity index (χ1v) is 5.71. The molecule has 92 valence electrons. The monoisotopic (exact) mass is 243 g/mol. The molecular weight excluding hydrogens is 230 g/mol. The summed E-state index contributed by atoms with van der Waals surface area (Å²) in [7, 11) is 0. The predicted octanol–water partition coefficient (Wildman–Crippen LogP) is 2.26. The number of benzene rings is 1. The molecule has 3 N–H and O–H groups in total. The van der Waals surface area contributed by atoms with Crippen LogP contribution >= 0.6 is 0 Å². The lowest BCUT2D eigenvalue weighted by Crippen LogP contribution is -1.98. The fourth-order valence-corrected chi connectivity index (χ4v) is 1.90. The van der Waals surface area contributed by atoms with Crippen molar-refractivity contribution < 1.29 is 9.52 Å². The van der Waals surface area contributed by atoms with Gasteiger partial charge in [0.25, 0.3) is 0 Å². The van der Waals surface area contributed by atoms with E-state index >= 15 is 0 Å². The van der Waals surface area contributed by atoms with Crippen LogP contribution in [0.4, 0.5) is 5.69 Å². The Bertz CT molecular complexity index is 657. The molecule has 3 aromatic rings. The van der Waals surface area contributed by atoms with Crippen LogP contribution in [-0.4, -0.2) is 15.3 Å². The first kappa shape index (κ1) is 10.9. The molecule has 0 saturated carbocycles. The molecule has 18 heavy (non-hydrogen) atoms. The number of nitrogens with one attached hydrogen (secondary N) is 2. The minimum atomic E-state index is -0.0733. The third-order valence-electron chi connectivity index (χ3n) is 2.80. The van der Waals surface area contributed by atoms with Gasteiger partial charge in [-0.15, -0.1) is 0 Å². The lowest BCUT2D eigenvalue weighted by molar-refractivity contribution is 0.244. The molecule has 2 heterocycles. The number of aliphatic hydroxyl groups is 1. The standard InChI is InChI=1S/C13H13N3O2/c17-8-11-5-4-10(18-11)7-14-12-3-1-2-9-6-15-16-13(9)12/h1-6,14,17H,7-8H2,(H,15,16). The molecule has 0 saturated heterocycles. The molecule has 0 spiro atoms. The molecule has 0 atom stereocenters. The van der Waals surface area contributed by atoms with Crippen molar-refractivity contribution in [3.8, 4) is 0 Å². The highest BCUT2D eigenvalue weighted by atomic mass is 16.4. The molecule has 0 amide bonds. The highest BCUT2D eigenvalue weighted by Crippen LogP contribution is 2.21. The van der Waals surface area contributed by atoms with Gasteiger partial charge < -0.3 is 14.8 Å². The number of aliphatic hydroxyl groups excluding tert-OH is 1. The van der Waals surface area contributed by atoms with E-state index in [1.807, 2.05) is 24.3 Å². The zero-order valence-electron chi connectivity index (χ0n) is 9.68. The maximum absolute atomic E-state index is 8.92. The number of fused-ring (bicyclic) bond motifs is 1. The second-order valence-corrected chi connectivity index (χ2v) is 4.02. The van der Waals surface area contributed by atoms with E-state index in [1.54, 1.807) is 12.3 Å². The molecule has 5 heteroatoms. The Hall–Kier alpha value is -2.27. The van der Waals surface area contributed by atoms with Crippen molar-refractivity contribution in [2.45, 2.75) is 13.2 Å². The zero-order valence-corrected chi connectivity index (χ0v) is 9.68. The van der Waals surface area contributed by atoms with Crippen LogP contribution in [0.2, 0.25) is 0 Å². The number of anilines is 1. The quantitative estimate of drug-likeness (QED) is 0.657. The lowest BCUT2D eigenvalue weighted by Gasteiger charge is -2.05. The fraction of sp³-hybridized carbons (Fsp3) is 0.154. The molecule has 0 aliphatic heterocycles. The normalized spacial score (nSPS) is 10.9. The number of hydrogen-bond acceptors (Lipinski definition) is 4. The first-order valence-electron chi connectivity index (χ1n) is 5.71. The lowest BCUT2D eigenvalue weighted by atomic mass is 10.2. The smallest absolute Gasteiger partial charge is 0.129 e. The van der Waals surface area contributed by atoms with Crippen LogP contribution < -0.4 is 5.32 Å². The van der Waals surface area contributed by atoms with E-state index in [-0.39, 0.29) is 6.61 Å². The van der Waals surface area contributed by atoms with Gasteiger partial charge in [0.05, 0.1) is 23.9 Å². The first-order chi connectivity index (χ1) is 8.86. The predicted molar refractivity (Wildman–Crippen MR) is 68.1 cm³/mol. The molecule has 2 aromatic heterocycles. The summed E-state index contributed by atoms with van der Waals surface area (Å²) in [5.74, 6) is 1.36. The summed E-state index contributed by atoms with van der Waals surface area (Å²) in [6.45, 7) is 0.494. The van der Waals surface area contributed by atoms with Crippen LogP contribution in [0.5, 0.6) is 0 Å². The van der Waals surface area contributed by atoms with Crippen molar-refractivity contribution in [3.63, 3.8) is 0 Å². The van der Waals surface area contributed by atoms with Gasteiger partial charge in [-0.05, 0) is 18.2 Å². The topological polar surface area (TPSA) is 74.1 Å². The van der Waals surface area contributed by atoms with Gasteiger partial charge in [-0.25, -0.2) is 0 Å². The second kappa shape index (κ2) is 4.54. The van der Waals surface area contributed by atoms with Gasteiger partial charge in [0.1, 0.15) is 18.1 Å². The maximum atomic E-state index is 8.92. The minimum Gasteiger partial charge on any atom is -0.462 e. The molecular formula is C13H13N3O2. The van der Waals surface area contributed by atoms with E-state index in [0.717, 1.165) is 22.4 Å². The van der Waals surface area contributed by atoms with E-state index in [4.69, 9.17) is 9.52 Å². The van der Waals surface area contributed by atoms with Gasteiger partial charge in [-0.1, -0.05) is 12.1 Å². The Balaban J connectivity index is 1.78. The van der Waals surface area contributed by atoms with Crippen LogP contribution in [0.3, 0.4) is 0 Å². The molecule has 0 radical (unpaired) electrons.